The summed E-state index contributed by atoms with van der Waals surface area (Å²) in [5.41, 5.74) is 5.94. The van der Waals surface area contributed by atoms with Gasteiger partial charge in [-0.05, 0) is 12.3 Å². The summed E-state index contributed by atoms with van der Waals surface area (Å²) in [4.78, 5) is 0. The molecule has 1 heterocycles. The summed E-state index contributed by atoms with van der Waals surface area (Å²) >= 11 is 0. The molecule has 2 rings (SSSR count). The van der Waals surface area contributed by atoms with Gasteiger partial charge in [-0.2, -0.15) is 0 Å². The van der Waals surface area contributed by atoms with Gasteiger partial charge in [0.05, 0.1) is 5.54 Å². The maximum atomic E-state index is 5.98. The number of nitrogens with zero attached hydrogens (tertiary/aromatic N) is 1. The number of nitrogens with two attached hydrogens (primary N) is 1. The highest BCUT2D eigenvalue weighted by Gasteiger charge is 2.40. The quantitative estimate of drug-likeness (QED) is 0.448. The first-order valence-electron chi connectivity index (χ1n) is 3.41. The molecular weight excluding hydrogens is 112 g/mol. The zero-order valence-corrected chi connectivity index (χ0v) is 5.38. The van der Waals surface area contributed by atoms with Crippen LogP contribution < -0.4 is 11.1 Å². The van der Waals surface area contributed by atoms with Crippen LogP contribution in [0.4, 0.5) is 0 Å². The predicted molar refractivity (Wildman–Crippen MR) is 36.0 cm³/mol. The molecule has 0 unspecified atom stereocenters. The van der Waals surface area contributed by atoms with E-state index >= 15 is 0 Å². The molecule has 0 spiro atoms. The van der Waals surface area contributed by atoms with E-state index in [4.69, 9.17) is 5.73 Å². The normalized spacial score (nSPS) is 47.9. The number of rotatable bonds is 0. The van der Waals surface area contributed by atoms with E-state index in [9.17, 15) is 0 Å². The van der Waals surface area contributed by atoms with Crippen LogP contribution in [-0.2, 0) is 0 Å². The Morgan fingerprint density at radius 1 is 1.67 bits per heavy atom. The highest BCUT2D eigenvalue weighted by Crippen LogP contribution is 2.30. The van der Waals surface area contributed by atoms with Gasteiger partial charge < -0.3 is 5.73 Å². The van der Waals surface area contributed by atoms with E-state index in [0.717, 1.165) is 19.5 Å². The van der Waals surface area contributed by atoms with E-state index in [0.29, 0.717) is 5.92 Å². The van der Waals surface area contributed by atoms with Crippen LogP contribution in [0.25, 0.3) is 0 Å². The van der Waals surface area contributed by atoms with Crippen molar-refractivity contribution in [2.24, 2.45) is 11.7 Å². The van der Waals surface area contributed by atoms with Gasteiger partial charge in [0.15, 0.2) is 0 Å². The Kier molecular flexibility index (Phi) is 0.957. The van der Waals surface area contributed by atoms with Gasteiger partial charge in [0.1, 0.15) is 0 Å². The summed E-state index contributed by atoms with van der Waals surface area (Å²) in [6, 6.07) is 0. The molecule has 1 aliphatic heterocycles. The average Bonchev–Trinajstić information content (AvgIpc) is 2.22. The molecular formula is C7H11N2. The number of hydrogen-bond acceptors (Lipinski definition) is 1. The Bertz CT molecular complexity index is 153. The average molecular weight is 123 g/mol. The highest BCUT2D eigenvalue weighted by molar-refractivity contribution is 5.19. The van der Waals surface area contributed by atoms with Crippen LogP contribution in [0.2, 0.25) is 0 Å². The standard InChI is InChI=1S/C7H11N2/c8-7-3-1-2-6(7)4-9-5-7/h1,3,6H,2,4-5,8H2/t6-,7-/m1/s1. The molecule has 0 aromatic rings. The molecule has 2 aliphatic rings. The first-order chi connectivity index (χ1) is 4.31. The molecule has 1 saturated heterocycles. The van der Waals surface area contributed by atoms with Crippen LogP contribution in [0.5, 0.6) is 0 Å². The summed E-state index contributed by atoms with van der Waals surface area (Å²) in [6.07, 6.45) is 5.44. The predicted octanol–water partition coefficient (Wildman–Crippen LogP) is -0.122. The van der Waals surface area contributed by atoms with Crippen molar-refractivity contribution in [3.8, 4) is 0 Å². The SMILES string of the molecule is N[C@@]12C=CC[C@@H]1C[N]C2. The second-order valence-corrected chi connectivity index (χ2v) is 3.01. The summed E-state index contributed by atoms with van der Waals surface area (Å²) in [7, 11) is 0. The first kappa shape index (κ1) is 5.45. The largest absolute Gasteiger partial charge is 0.321 e. The molecule has 1 fully saturated rings. The molecule has 2 heteroatoms. The fraction of sp³-hybridized carbons (Fsp3) is 0.714. The zero-order valence-electron chi connectivity index (χ0n) is 5.38. The van der Waals surface area contributed by atoms with Crippen LogP contribution in [0, 0.1) is 5.92 Å². The molecule has 0 saturated carbocycles. The molecule has 9 heavy (non-hydrogen) atoms. The van der Waals surface area contributed by atoms with E-state index in [2.05, 4.69) is 17.5 Å². The second-order valence-electron chi connectivity index (χ2n) is 3.01. The Labute approximate surface area is 55.1 Å². The van der Waals surface area contributed by atoms with Crippen molar-refractivity contribution >= 4 is 0 Å². The van der Waals surface area contributed by atoms with Gasteiger partial charge in [-0.3, -0.25) is 0 Å². The van der Waals surface area contributed by atoms with Crippen molar-refractivity contribution < 1.29 is 0 Å². The maximum absolute atomic E-state index is 5.98. The minimum atomic E-state index is -0.0417. The monoisotopic (exact) mass is 123 g/mol. The van der Waals surface area contributed by atoms with Crippen LogP contribution in [-0.4, -0.2) is 18.6 Å². The van der Waals surface area contributed by atoms with Crippen LogP contribution in [0.15, 0.2) is 12.2 Å². The third-order valence-corrected chi connectivity index (χ3v) is 2.34. The van der Waals surface area contributed by atoms with E-state index in [1.807, 2.05) is 0 Å². The lowest BCUT2D eigenvalue weighted by Crippen LogP contribution is -2.42. The molecule has 0 aromatic carbocycles. The summed E-state index contributed by atoms with van der Waals surface area (Å²) in [6.45, 7) is 1.82. The van der Waals surface area contributed by atoms with Gasteiger partial charge in [0, 0.05) is 13.1 Å². The van der Waals surface area contributed by atoms with E-state index in [-0.39, 0.29) is 5.54 Å². The van der Waals surface area contributed by atoms with Gasteiger partial charge in [-0.15, -0.1) is 0 Å². The second kappa shape index (κ2) is 1.58. The molecule has 49 valence electrons. The smallest absolute Gasteiger partial charge is 0.0527 e. The number of hydrogen-bond donors (Lipinski definition) is 1. The Morgan fingerprint density at radius 2 is 2.56 bits per heavy atom. The maximum Gasteiger partial charge on any atom is 0.0527 e. The molecule has 2 atom stereocenters. The van der Waals surface area contributed by atoms with Crippen LogP contribution >= 0.6 is 0 Å². The van der Waals surface area contributed by atoms with Crippen LogP contribution in [0.1, 0.15) is 6.42 Å². The lowest BCUT2D eigenvalue weighted by Gasteiger charge is -2.19. The van der Waals surface area contributed by atoms with Crippen molar-refractivity contribution in [3.05, 3.63) is 12.2 Å². The van der Waals surface area contributed by atoms with Gasteiger partial charge in [-0.25, -0.2) is 5.32 Å². The number of allylic oxidation sites excluding steroid dienone is 1. The van der Waals surface area contributed by atoms with Crippen molar-refractivity contribution in [1.29, 1.82) is 0 Å². The molecule has 1 radical (unpaired) electrons. The molecule has 0 aromatic heterocycles. The van der Waals surface area contributed by atoms with E-state index < -0.39 is 0 Å². The highest BCUT2D eigenvalue weighted by atomic mass is 15.0. The summed E-state index contributed by atoms with van der Waals surface area (Å²) in [5, 5.41) is 4.26. The van der Waals surface area contributed by atoms with Gasteiger partial charge in [0.25, 0.3) is 0 Å². The third-order valence-electron chi connectivity index (χ3n) is 2.34. The van der Waals surface area contributed by atoms with Gasteiger partial charge in [0.2, 0.25) is 0 Å². The van der Waals surface area contributed by atoms with Crippen molar-refractivity contribution in [3.63, 3.8) is 0 Å². The topological polar surface area (TPSA) is 40.1 Å². The molecule has 0 bridgehead atoms. The van der Waals surface area contributed by atoms with Crippen molar-refractivity contribution in [2.75, 3.05) is 13.1 Å². The van der Waals surface area contributed by atoms with E-state index in [1.54, 1.807) is 0 Å². The Hall–Kier alpha value is -0.340. The van der Waals surface area contributed by atoms with Crippen LogP contribution in [0.3, 0.4) is 0 Å². The first-order valence-corrected chi connectivity index (χ1v) is 3.41. The van der Waals surface area contributed by atoms with Gasteiger partial charge >= 0.3 is 0 Å². The molecule has 1 aliphatic carbocycles. The fourth-order valence-electron chi connectivity index (χ4n) is 1.65. The fourth-order valence-corrected chi connectivity index (χ4v) is 1.65. The lowest BCUT2D eigenvalue weighted by molar-refractivity contribution is 0.452. The number of fused-ring (bicyclic) bond motifs is 1. The lowest BCUT2D eigenvalue weighted by atomic mass is 9.92. The van der Waals surface area contributed by atoms with Crippen molar-refractivity contribution in [2.45, 2.75) is 12.0 Å². The Morgan fingerprint density at radius 3 is 3.33 bits per heavy atom. The summed E-state index contributed by atoms with van der Waals surface area (Å²) < 4.78 is 0. The molecule has 0 amide bonds. The van der Waals surface area contributed by atoms with Gasteiger partial charge in [-0.1, -0.05) is 12.2 Å². The minimum Gasteiger partial charge on any atom is -0.321 e. The third kappa shape index (κ3) is 0.635. The Balaban J connectivity index is 2.26. The summed E-state index contributed by atoms with van der Waals surface area (Å²) in [5.74, 6) is 0.623. The zero-order chi connectivity index (χ0) is 6.32. The molecule has 2 N–H and O–H groups in total. The van der Waals surface area contributed by atoms with E-state index in [1.165, 1.54) is 0 Å². The molecule has 2 nitrogen and oxygen atoms in total. The van der Waals surface area contributed by atoms with Crippen molar-refractivity contribution in [1.82, 2.24) is 5.32 Å². The minimum absolute atomic E-state index is 0.0417.